The fourth-order valence-electron chi connectivity index (χ4n) is 1.93. The number of aliphatic hydroxyl groups excluding tert-OH is 1. The van der Waals surface area contributed by atoms with E-state index in [0.29, 0.717) is 6.61 Å². The summed E-state index contributed by atoms with van der Waals surface area (Å²) in [5.74, 6) is 0. The zero-order chi connectivity index (χ0) is 13.6. The van der Waals surface area contributed by atoms with Crippen LogP contribution in [-0.4, -0.2) is 43.4 Å². The zero-order valence-corrected chi connectivity index (χ0v) is 13.0. The minimum absolute atomic E-state index is 0.332. The molecular weight excluding hydrogens is 210 g/mol. The van der Waals surface area contributed by atoms with Gasteiger partial charge in [-0.1, -0.05) is 46.5 Å². The Morgan fingerprint density at radius 3 is 1.76 bits per heavy atom. The van der Waals surface area contributed by atoms with Gasteiger partial charge in [0.1, 0.15) is 0 Å². The number of aliphatic hydroxyl groups is 1. The standard InChI is InChI=1S/C13H30NO.C2H6/c1-4-5-6-7-8-9-11-14(2,3)12-10-13-15;1-2/h15H,4-13H2,1-3H3;1-2H3/q+1;. The van der Waals surface area contributed by atoms with Crippen LogP contribution in [0.4, 0.5) is 0 Å². The number of hydrogen-bond donors (Lipinski definition) is 1. The first kappa shape index (κ1) is 19.3. The van der Waals surface area contributed by atoms with Gasteiger partial charge in [-0.05, 0) is 12.8 Å². The third kappa shape index (κ3) is 15.9. The lowest BCUT2D eigenvalue weighted by Gasteiger charge is -2.29. The molecule has 0 atom stereocenters. The Labute approximate surface area is 110 Å². The lowest BCUT2D eigenvalue weighted by Crippen LogP contribution is -2.41. The average Bonchev–Trinajstić information content (AvgIpc) is 2.34. The van der Waals surface area contributed by atoms with E-state index in [1.807, 2.05) is 13.8 Å². The van der Waals surface area contributed by atoms with Gasteiger partial charge in [-0.25, -0.2) is 0 Å². The summed E-state index contributed by atoms with van der Waals surface area (Å²) in [7, 11) is 4.53. The normalized spacial score (nSPS) is 10.9. The van der Waals surface area contributed by atoms with Crippen molar-refractivity contribution in [1.29, 1.82) is 0 Å². The molecule has 0 amide bonds. The molecule has 0 spiro atoms. The fraction of sp³-hybridized carbons (Fsp3) is 1.00. The van der Waals surface area contributed by atoms with Crippen LogP contribution in [0.15, 0.2) is 0 Å². The van der Waals surface area contributed by atoms with Crippen LogP contribution in [-0.2, 0) is 0 Å². The first-order valence-corrected chi connectivity index (χ1v) is 7.55. The van der Waals surface area contributed by atoms with E-state index in [2.05, 4.69) is 21.0 Å². The number of nitrogens with zero attached hydrogens (tertiary/aromatic N) is 1. The lowest BCUT2D eigenvalue weighted by molar-refractivity contribution is -0.890. The van der Waals surface area contributed by atoms with E-state index in [1.165, 1.54) is 45.1 Å². The topological polar surface area (TPSA) is 20.2 Å². The summed E-state index contributed by atoms with van der Waals surface area (Å²) >= 11 is 0. The monoisotopic (exact) mass is 246 g/mol. The quantitative estimate of drug-likeness (QED) is 0.459. The molecule has 0 aliphatic carbocycles. The molecule has 0 rings (SSSR count). The Morgan fingerprint density at radius 1 is 0.765 bits per heavy atom. The van der Waals surface area contributed by atoms with E-state index in [0.717, 1.165) is 17.4 Å². The van der Waals surface area contributed by atoms with Gasteiger partial charge in [0.25, 0.3) is 0 Å². The van der Waals surface area contributed by atoms with E-state index >= 15 is 0 Å². The first-order chi connectivity index (χ1) is 8.12. The molecule has 17 heavy (non-hydrogen) atoms. The van der Waals surface area contributed by atoms with Crippen LogP contribution in [0.2, 0.25) is 0 Å². The maximum Gasteiger partial charge on any atom is 0.0804 e. The summed E-state index contributed by atoms with van der Waals surface area (Å²) in [4.78, 5) is 0. The Kier molecular flexibility index (Phi) is 15.8. The highest BCUT2D eigenvalue weighted by atomic mass is 16.3. The van der Waals surface area contributed by atoms with Crippen LogP contribution >= 0.6 is 0 Å². The van der Waals surface area contributed by atoms with Crippen molar-refractivity contribution in [3.63, 3.8) is 0 Å². The summed E-state index contributed by atoms with van der Waals surface area (Å²) in [5, 5.41) is 8.79. The number of rotatable bonds is 10. The summed E-state index contributed by atoms with van der Waals surface area (Å²) in [6.45, 7) is 8.95. The second-order valence-corrected chi connectivity index (χ2v) is 5.23. The molecule has 0 aromatic carbocycles. The Morgan fingerprint density at radius 2 is 1.24 bits per heavy atom. The molecule has 0 bridgehead atoms. The number of quaternary nitrogens is 1. The fourth-order valence-corrected chi connectivity index (χ4v) is 1.93. The van der Waals surface area contributed by atoms with Crippen molar-refractivity contribution in [2.24, 2.45) is 0 Å². The van der Waals surface area contributed by atoms with Gasteiger partial charge in [0.15, 0.2) is 0 Å². The summed E-state index contributed by atoms with van der Waals surface area (Å²) in [6, 6.07) is 0. The van der Waals surface area contributed by atoms with Gasteiger partial charge >= 0.3 is 0 Å². The number of hydrogen-bond acceptors (Lipinski definition) is 1. The highest BCUT2D eigenvalue weighted by Gasteiger charge is 2.12. The largest absolute Gasteiger partial charge is 0.396 e. The average molecular weight is 246 g/mol. The van der Waals surface area contributed by atoms with Gasteiger partial charge in [0.2, 0.25) is 0 Å². The van der Waals surface area contributed by atoms with Crippen LogP contribution in [0.25, 0.3) is 0 Å². The molecule has 0 unspecified atom stereocenters. The molecule has 0 aromatic rings. The summed E-state index contributed by atoms with van der Waals surface area (Å²) < 4.78 is 1.06. The van der Waals surface area contributed by atoms with Gasteiger partial charge in [0, 0.05) is 13.0 Å². The Hall–Kier alpha value is -0.0800. The highest BCUT2D eigenvalue weighted by molar-refractivity contribution is 4.44. The van der Waals surface area contributed by atoms with Crippen LogP contribution in [0.1, 0.15) is 65.7 Å². The van der Waals surface area contributed by atoms with Gasteiger partial charge in [-0.15, -0.1) is 0 Å². The molecule has 0 saturated heterocycles. The molecule has 0 fully saturated rings. The maximum atomic E-state index is 8.79. The van der Waals surface area contributed by atoms with Crippen molar-refractivity contribution in [2.75, 3.05) is 33.8 Å². The van der Waals surface area contributed by atoms with Gasteiger partial charge in [-0.2, -0.15) is 0 Å². The van der Waals surface area contributed by atoms with E-state index in [1.54, 1.807) is 0 Å². The van der Waals surface area contributed by atoms with Crippen molar-refractivity contribution in [3.8, 4) is 0 Å². The lowest BCUT2D eigenvalue weighted by atomic mass is 10.1. The molecule has 0 aromatic heterocycles. The molecule has 1 N–H and O–H groups in total. The molecule has 0 aliphatic heterocycles. The van der Waals surface area contributed by atoms with Gasteiger partial charge < -0.3 is 9.59 Å². The van der Waals surface area contributed by atoms with E-state index in [9.17, 15) is 0 Å². The second-order valence-electron chi connectivity index (χ2n) is 5.23. The second kappa shape index (κ2) is 14.0. The minimum atomic E-state index is 0.332. The third-order valence-electron chi connectivity index (χ3n) is 3.04. The summed E-state index contributed by atoms with van der Waals surface area (Å²) in [5.41, 5.74) is 0. The zero-order valence-electron chi connectivity index (χ0n) is 13.0. The van der Waals surface area contributed by atoms with E-state index in [-0.39, 0.29) is 0 Å². The maximum absolute atomic E-state index is 8.79. The third-order valence-corrected chi connectivity index (χ3v) is 3.04. The Bertz CT molecular complexity index is 135. The molecule has 0 heterocycles. The molecular formula is C15H36NO+. The highest BCUT2D eigenvalue weighted by Crippen LogP contribution is 2.08. The van der Waals surface area contributed by atoms with Crippen LogP contribution < -0.4 is 0 Å². The molecule has 106 valence electrons. The van der Waals surface area contributed by atoms with Crippen molar-refractivity contribution in [3.05, 3.63) is 0 Å². The van der Waals surface area contributed by atoms with E-state index < -0.39 is 0 Å². The van der Waals surface area contributed by atoms with Crippen molar-refractivity contribution >= 4 is 0 Å². The number of unbranched alkanes of at least 4 members (excludes halogenated alkanes) is 5. The molecule has 2 heteroatoms. The Balaban J connectivity index is 0. The molecule has 0 aliphatic rings. The SMILES string of the molecule is CC.CCCCCCCC[N+](C)(C)CCCO. The van der Waals surface area contributed by atoms with Crippen molar-refractivity contribution < 1.29 is 9.59 Å². The van der Waals surface area contributed by atoms with E-state index in [4.69, 9.17) is 5.11 Å². The molecule has 0 radical (unpaired) electrons. The van der Waals surface area contributed by atoms with Crippen molar-refractivity contribution in [1.82, 2.24) is 0 Å². The molecule has 0 saturated carbocycles. The predicted molar refractivity (Wildman–Crippen MR) is 78.3 cm³/mol. The summed E-state index contributed by atoms with van der Waals surface area (Å²) in [6.07, 6.45) is 9.17. The van der Waals surface area contributed by atoms with Gasteiger partial charge in [0.05, 0.1) is 27.2 Å². The predicted octanol–water partition coefficient (Wildman–Crippen LogP) is 3.83. The molecule has 2 nitrogen and oxygen atoms in total. The van der Waals surface area contributed by atoms with Crippen molar-refractivity contribution in [2.45, 2.75) is 65.7 Å². The van der Waals surface area contributed by atoms with Crippen LogP contribution in [0, 0.1) is 0 Å². The van der Waals surface area contributed by atoms with Crippen LogP contribution in [0.5, 0.6) is 0 Å². The van der Waals surface area contributed by atoms with Gasteiger partial charge in [-0.3, -0.25) is 0 Å². The first-order valence-electron chi connectivity index (χ1n) is 7.55. The minimum Gasteiger partial charge on any atom is -0.396 e. The van der Waals surface area contributed by atoms with Crippen LogP contribution in [0.3, 0.4) is 0 Å². The smallest absolute Gasteiger partial charge is 0.0804 e.